The number of aliphatic hydroxyl groups is 1. The lowest BCUT2D eigenvalue weighted by Gasteiger charge is -2.16. The van der Waals surface area contributed by atoms with Crippen molar-refractivity contribution in [3.05, 3.63) is 29.8 Å². The molecular formula is C22H38N6O2. The van der Waals surface area contributed by atoms with Gasteiger partial charge in [-0.25, -0.2) is 10.0 Å². The molecule has 1 aliphatic heterocycles. The highest BCUT2D eigenvalue weighted by Crippen LogP contribution is 2.15. The number of hydrogen-bond acceptors (Lipinski definition) is 8. The number of nitrogens with zero attached hydrogens (tertiary/aromatic N) is 4. The van der Waals surface area contributed by atoms with Crippen molar-refractivity contribution in [2.75, 3.05) is 31.9 Å². The van der Waals surface area contributed by atoms with Crippen LogP contribution in [0.1, 0.15) is 39.2 Å². The molecule has 8 heteroatoms. The molecule has 0 radical (unpaired) electrons. The van der Waals surface area contributed by atoms with Crippen molar-refractivity contribution < 1.29 is 9.84 Å². The van der Waals surface area contributed by atoms with Crippen molar-refractivity contribution in [2.24, 2.45) is 21.0 Å². The van der Waals surface area contributed by atoms with Crippen LogP contribution in [0.4, 0.5) is 5.69 Å². The second-order valence-electron chi connectivity index (χ2n) is 7.04. The maximum Gasteiger partial charge on any atom is 0.213 e. The molecule has 3 atom stereocenters. The Morgan fingerprint density at radius 3 is 2.60 bits per heavy atom. The van der Waals surface area contributed by atoms with Gasteiger partial charge >= 0.3 is 0 Å². The SMILES string of the molecule is CCOC(O)NCCC(CC)NC.Cc1ccc(N2C/N=C\N=CC(C)/C=N\2)cc1. The largest absolute Gasteiger partial charge is 0.356 e. The summed E-state index contributed by atoms with van der Waals surface area (Å²) >= 11 is 0. The Morgan fingerprint density at radius 2 is 1.97 bits per heavy atom. The van der Waals surface area contributed by atoms with Crippen molar-refractivity contribution in [3.8, 4) is 0 Å². The van der Waals surface area contributed by atoms with Crippen molar-refractivity contribution >= 4 is 24.5 Å². The van der Waals surface area contributed by atoms with E-state index >= 15 is 0 Å². The number of anilines is 1. The molecule has 1 aromatic rings. The molecule has 3 unspecified atom stereocenters. The highest BCUT2D eigenvalue weighted by Gasteiger charge is 2.05. The van der Waals surface area contributed by atoms with Crippen LogP contribution in [0.5, 0.6) is 0 Å². The van der Waals surface area contributed by atoms with Crippen molar-refractivity contribution in [2.45, 2.75) is 53.0 Å². The number of rotatable bonds is 9. The first-order valence-electron chi connectivity index (χ1n) is 10.6. The summed E-state index contributed by atoms with van der Waals surface area (Å²) in [6.07, 6.45) is 6.55. The fourth-order valence-electron chi connectivity index (χ4n) is 2.61. The lowest BCUT2D eigenvalue weighted by atomic mass is 10.1. The lowest BCUT2D eigenvalue weighted by Crippen LogP contribution is -2.36. The highest BCUT2D eigenvalue weighted by molar-refractivity contribution is 5.87. The fraction of sp³-hybridized carbons (Fsp3) is 0.591. The van der Waals surface area contributed by atoms with Gasteiger partial charge in [0, 0.05) is 37.5 Å². The normalized spacial score (nSPS) is 20.2. The van der Waals surface area contributed by atoms with E-state index in [4.69, 9.17) is 9.84 Å². The van der Waals surface area contributed by atoms with Crippen molar-refractivity contribution in [3.63, 3.8) is 0 Å². The van der Waals surface area contributed by atoms with Crippen LogP contribution in [0, 0.1) is 12.8 Å². The van der Waals surface area contributed by atoms with Gasteiger partial charge in [-0.2, -0.15) is 5.10 Å². The molecule has 1 aliphatic rings. The predicted octanol–water partition coefficient (Wildman–Crippen LogP) is 2.77. The van der Waals surface area contributed by atoms with Crippen molar-refractivity contribution in [1.82, 2.24) is 10.6 Å². The predicted molar refractivity (Wildman–Crippen MR) is 127 cm³/mol. The van der Waals surface area contributed by atoms with Gasteiger partial charge in [0.15, 0.2) is 0 Å². The Labute approximate surface area is 181 Å². The lowest BCUT2D eigenvalue weighted by molar-refractivity contribution is -0.116. The Balaban J connectivity index is 0.000000314. The van der Waals surface area contributed by atoms with Gasteiger partial charge in [-0.15, -0.1) is 0 Å². The smallest absolute Gasteiger partial charge is 0.213 e. The van der Waals surface area contributed by atoms with E-state index in [-0.39, 0.29) is 5.92 Å². The van der Waals surface area contributed by atoms with Gasteiger partial charge in [0.2, 0.25) is 6.41 Å². The topological polar surface area (TPSA) is 93.8 Å². The van der Waals surface area contributed by atoms with Crippen LogP contribution >= 0.6 is 0 Å². The van der Waals surface area contributed by atoms with E-state index in [1.54, 1.807) is 6.34 Å². The minimum Gasteiger partial charge on any atom is -0.356 e. The number of nitrogens with one attached hydrogen (secondary N) is 2. The van der Waals surface area contributed by atoms with E-state index in [2.05, 4.69) is 51.7 Å². The van der Waals surface area contributed by atoms with E-state index in [0.29, 0.717) is 19.3 Å². The molecule has 0 aliphatic carbocycles. The van der Waals surface area contributed by atoms with E-state index in [1.165, 1.54) is 5.56 Å². The first-order chi connectivity index (χ1) is 14.5. The zero-order valence-corrected chi connectivity index (χ0v) is 19.0. The number of benzene rings is 1. The molecule has 30 heavy (non-hydrogen) atoms. The van der Waals surface area contributed by atoms with Gasteiger partial charge in [0.05, 0.1) is 5.69 Å². The first kappa shape index (κ1) is 25.9. The molecule has 0 fully saturated rings. The molecular weight excluding hydrogens is 380 g/mol. The standard InChI is InChI=1S/C13H16N4.C9H22N2O2/c1-11-3-5-13(6-4-11)17-10-15-9-14-7-12(2)8-16-17;1-4-8(10-3)6-7-11-9(12)13-5-2/h3-9,12H,10H2,1-2H3;8-12H,4-7H2,1-3H3/b14-7?,15-9-,16-8-;. The first-order valence-corrected chi connectivity index (χ1v) is 10.6. The molecule has 0 spiro atoms. The second kappa shape index (κ2) is 15.7. The number of aryl methyl sites for hydroxylation is 1. The Hall–Kier alpha value is -2.13. The minimum atomic E-state index is -0.820. The quantitative estimate of drug-likeness (QED) is 0.536. The summed E-state index contributed by atoms with van der Waals surface area (Å²) in [6.45, 7) is 9.88. The molecule has 0 saturated carbocycles. The summed E-state index contributed by atoms with van der Waals surface area (Å²) < 4.78 is 4.91. The molecule has 0 bridgehead atoms. The van der Waals surface area contributed by atoms with Crippen molar-refractivity contribution in [1.29, 1.82) is 0 Å². The van der Waals surface area contributed by atoms with Gasteiger partial charge in [0.1, 0.15) is 13.0 Å². The summed E-state index contributed by atoms with van der Waals surface area (Å²) in [5.41, 5.74) is 2.28. The highest BCUT2D eigenvalue weighted by atomic mass is 16.6. The molecule has 1 heterocycles. The maximum absolute atomic E-state index is 9.15. The summed E-state index contributed by atoms with van der Waals surface area (Å²) in [5.74, 6) is 0.215. The molecule has 0 aromatic heterocycles. The average Bonchev–Trinajstić information content (AvgIpc) is 2.85. The Morgan fingerprint density at radius 1 is 1.23 bits per heavy atom. The molecule has 0 saturated heterocycles. The third-order valence-corrected chi connectivity index (χ3v) is 4.50. The number of hydrazone groups is 1. The fourth-order valence-corrected chi connectivity index (χ4v) is 2.61. The molecule has 8 nitrogen and oxygen atoms in total. The summed E-state index contributed by atoms with van der Waals surface area (Å²) in [7, 11) is 1.95. The molecule has 1 aromatic carbocycles. The van der Waals surface area contributed by atoms with Crippen LogP contribution in [-0.4, -0.2) is 63.2 Å². The zero-order chi connectivity index (χ0) is 22.2. The van der Waals surface area contributed by atoms with Crippen LogP contribution in [0.15, 0.2) is 39.4 Å². The zero-order valence-electron chi connectivity index (χ0n) is 19.0. The van der Waals surface area contributed by atoms with Crippen LogP contribution in [-0.2, 0) is 4.74 Å². The second-order valence-corrected chi connectivity index (χ2v) is 7.04. The van der Waals surface area contributed by atoms with Crippen LogP contribution in [0.25, 0.3) is 0 Å². The van der Waals surface area contributed by atoms with E-state index < -0.39 is 6.41 Å². The van der Waals surface area contributed by atoms with Gasteiger partial charge in [0.25, 0.3) is 0 Å². The number of ether oxygens (including phenoxy) is 1. The number of hydrogen-bond donors (Lipinski definition) is 3. The van der Waals surface area contributed by atoms with Crippen LogP contribution in [0.2, 0.25) is 0 Å². The average molecular weight is 419 g/mol. The maximum atomic E-state index is 9.15. The molecule has 2 rings (SSSR count). The third-order valence-electron chi connectivity index (χ3n) is 4.50. The molecule has 3 N–H and O–H groups in total. The minimum absolute atomic E-state index is 0.215. The van der Waals surface area contributed by atoms with E-state index in [9.17, 15) is 0 Å². The summed E-state index contributed by atoms with van der Waals surface area (Å²) in [5, 5.41) is 21.5. The van der Waals surface area contributed by atoms with Gasteiger partial charge < -0.3 is 15.2 Å². The Bertz CT molecular complexity index is 644. The van der Waals surface area contributed by atoms with E-state index in [1.807, 2.05) is 50.5 Å². The number of aliphatic imine (C=N–C) groups is 2. The van der Waals surface area contributed by atoms with Gasteiger partial charge in [-0.3, -0.25) is 10.3 Å². The molecule has 0 amide bonds. The van der Waals surface area contributed by atoms with Crippen LogP contribution in [0.3, 0.4) is 0 Å². The van der Waals surface area contributed by atoms with Gasteiger partial charge in [-0.05, 0) is 45.9 Å². The number of aliphatic hydroxyl groups excluding tert-OH is 1. The summed E-state index contributed by atoms with van der Waals surface area (Å²) in [6, 6.07) is 8.75. The third kappa shape index (κ3) is 11.2. The Kier molecular flexibility index (Phi) is 13.5. The van der Waals surface area contributed by atoms with Crippen LogP contribution < -0.4 is 15.6 Å². The van der Waals surface area contributed by atoms with Gasteiger partial charge in [-0.1, -0.05) is 31.5 Å². The van der Waals surface area contributed by atoms with E-state index in [0.717, 1.165) is 25.1 Å². The summed E-state index contributed by atoms with van der Waals surface area (Å²) in [4.78, 5) is 8.27. The molecule has 168 valence electrons. The monoisotopic (exact) mass is 418 g/mol.